The summed E-state index contributed by atoms with van der Waals surface area (Å²) in [6.07, 6.45) is 1.08. The van der Waals surface area contributed by atoms with Gasteiger partial charge in [0.05, 0.1) is 0 Å². The topological polar surface area (TPSA) is 20.3 Å². The average molecular weight is 162 g/mol. The standard InChI is InChI=1S/C7H12ClNO/c1-5-3-6(2)9(4-5)7(8)10/h5-6H,3-4H2,1-2H3. The zero-order valence-corrected chi connectivity index (χ0v) is 7.06. The first-order valence-corrected chi connectivity index (χ1v) is 3.95. The second-order valence-corrected chi connectivity index (χ2v) is 3.42. The van der Waals surface area contributed by atoms with E-state index in [1.54, 1.807) is 4.90 Å². The molecule has 2 unspecified atom stereocenters. The Morgan fingerprint density at radius 1 is 1.60 bits per heavy atom. The zero-order chi connectivity index (χ0) is 7.72. The van der Waals surface area contributed by atoms with E-state index in [-0.39, 0.29) is 5.37 Å². The molecule has 3 heteroatoms. The van der Waals surface area contributed by atoms with Crippen LogP contribution >= 0.6 is 11.6 Å². The molecule has 0 radical (unpaired) electrons. The molecule has 1 aliphatic rings. The van der Waals surface area contributed by atoms with E-state index in [9.17, 15) is 4.79 Å². The van der Waals surface area contributed by atoms with Gasteiger partial charge in [-0.1, -0.05) is 6.92 Å². The normalized spacial score (nSPS) is 32.9. The minimum absolute atomic E-state index is 0.308. The first-order valence-electron chi connectivity index (χ1n) is 3.57. The van der Waals surface area contributed by atoms with Crippen molar-refractivity contribution in [1.29, 1.82) is 0 Å². The summed E-state index contributed by atoms with van der Waals surface area (Å²) in [4.78, 5) is 12.4. The van der Waals surface area contributed by atoms with Crippen LogP contribution in [-0.2, 0) is 0 Å². The van der Waals surface area contributed by atoms with Gasteiger partial charge in [0.15, 0.2) is 0 Å². The van der Waals surface area contributed by atoms with Crippen LogP contribution in [0, 0.1) is 5.92 Å². The van der Waals surface area contributed by atoms with Gasteiger partial charge in [-0.2, -0.15) is 0 Å². The molecule has 2 nitrogen and oxygen atoms in total. The first kappa shape index (κ1) is 7.86. The summed E-state index contributed by atoms with van der Waals surface area (Å²) in [5.41, 5.74) is 0. The highest BCUT2D eigenvalue weighted by molar-refractivity contribution is 6.62. The fourth-order valence-electron chi connectivity index (χ4n) is 1.54. The lowest BCUT2D eigenvalue weighted by Crippen LogP contribution is -2.29. The van der Waals surface area contributed by atoms with Gasteiger partial charge in [-0.25, -0.2) is 0 Å². The molecule has 0 aromatic carbocycles. The van der Waals surface area contributed by atoms with Crippen molar-refractivity contribution in [2.45, 2.75) is 26.3 Å². The van der Waals surface area contributed by atoms with Gasteiger partial charge in [-0.05, 0) is 30.9 Å². The van der Waals surface area contributed by atoms with Crippen LogP contribution in [0.5, 0.6) is 0 Å². The van der Waals surface area contributed by atoms with Gasteiger partial charge in [-0.15, -0.1) is 0 Å². The van der Waals surface area contributed by atoms with Gasteiger partial charge in [0, 0.05) is 12.6 Å². The molecule has 2 atom stereocenters. The van der Waals surface area contributed by atoms with E-state index in [2.05, 4.69) is 6.92 Å². The van der Waals surface area contributed by atoms with Crippen LogP contribution < -0.4 is 0 Å². The summed E-state index contributed by atoms with van der Waals surface area (Å²) < 4.78 is 0. The van der Waals surface area contributed by atoms with Crippen LogP contribution in [0.15, 0.2) is 0 Å². The van der Waals surface area contributed by atoms with E-state index in [1.165, 1.54) is 0 Å². The van der Waals surface area contributed by atoms with Gasteiger partial charge >= 0.3 is 5.37 Å². The third-order valence-corrected chi connectivity index (χ3v) is 2.23. The van der Waals surface area contributed by atoms with Crippen molar-refractivity contribution in [3.05, 3.63) is 0 Å². The largest absolute Gasteiger partial charge is 0.326 e. The average Bonchev–Trinajstić information content (AvgIpc) is 2.10. The maximum Gasteiger partial charge on any atom is 0.316 e. The Bertz CT molecular complexity index is 149. The highest BCUT2D eigenvalue weighted by Crippen LogP contribution is 2.23. The second-order valence-electron chi connectivity index (χ2n) is 3.10. The number of likely N-dealkylation sites (tertiary alicyclic amines) is 1. The number of hydrogen-bond donors (Lipinski definition) is 0. The van der Waals surface area contributed by atoms with Gasteiger partial charge < -0.3 is 4.90 Å². The van der Waals surface area contributed by atoms with Crippen LogP contribution in [0.3, 0.4) is 0 Å². The fourth-order valence-corrected chi connectivity index (χ4v) is 1.78. The van der Waals surface area contributed by atoms with Crippen LogP contribution in [0.25, 0.3) is 0 Å². The summed E-state index contributed by atoms with van der Waals surface area (Å²) in [6.45, 7) is 4.99. The van der Waals surface area contributed by atoms with Gasteiger partial charge in [0.2, 0.25) is 0 Å². The number of carbonyl (C=O) groups excluding carboxylic acids is 1. The Hall–Kier alpha value is -0.240. The fraction of sp³-hybridized carbons (Fsp3) is 0.857. The third-order valence-electron chi connectivity index (χ3n) is 2.01. The lowest BCUT2D eigenvalue weighted by atomic mass is 10.1. The van der Waals surface area contributed by atoms with Crippen molar-refractivity contribution in [2.24, 2.45) is 5.92 Å². The molecule has 1 heterocycles. The minimum atomic E-state index is -0.308. The molecule has 1 rings (SSSR count). The Kier molecular flexibility index (Phi) is 2.19. The lowest BCUT2D eigenvalue weighted by Gasteiger charge is -2.16. The Morgan fingerprint density at radius 2 is 2.20 bits per heavy atom. The molecule has 58 valence electrons. The maximum atomic E-state index is 10.7. The molecule has 0 aliphatic carbocycles. The molecule has 0 aromatic heterocycles. The molecule has 0 bridgehead atoms. The molecule has 0 spiro atoms. The predicted octanol–water partition coefficient (Wildman–Crippen LogP) is 2.08. The number of halogens is 1. The van der Waals surface area contributed by atoms with Crippen LogP contribution in [-0.4, -0.2) is 22.9 Å². The number of carbonyl (C=O) groups is 1. The predicted molar refractivity (Wildman–Crippen MR) is 41.2 cm³/mol. The number of hydrogen-bond acceptors (Lipinski definition) is 1. The van der Waals surface area contributed by atoms with E-state index in [4.69, 9.17) is 11.6 Å². The van der Waals surface area contributed by atoms with Crippen LogP contribution in [0.4, 0.5) is 4.79 Å². The smallest absolute Gasteiger partial charge is 0.316 e. The lowest BCUT2D eigenvalue weighted by molar-refractivity contribution is 0.219. The maximum absolute atomic E-state index is 10.7. The molecule has 1 saturated heterocycles. The SMILES string of the molecule is CC1CC(C)N(C(=O)Cl)C1. The molecule has 1 aliphatic heterocycles. The first-order chi connectivity index (χ1) is 4.61. The number of nitrogens with zero attached hydrogens (tertiary/aromatic N) is 1. The van der Waals surface area contributed by atoms with Crippen LogP contribution in [0.2, 0.25) is 0 Å². The van der Waals surface area contributed by atoms with Gasteiger partial charge in [0.1, 0.15) is 0 Å². The van der Waals surface area contributed by atoms with Crippen LogP contribution in [0.1, 0.15) is 20.3 Å². The molecule has 0 saturated carbocycles. The van der Waals surface area contributed by atoms with Gasteiger partial charge in [-0.3, -0.25) is 4.79 Å². The number of rotatable bonds is 0. The van der Waals surface area contributed by atoms with Crippen molar-refractivity contribution in [1.82, 2.24) is 4.90 Å². The summed E-state index contributed by atoms with van der Waals surface area (Å²) in [5.74, 6) is 0.609. The molecular formula is C7H12ClNO. The minimum Gasteiger partial charge on any atom is -0.326 e. The van der Waals surface area contributed by atoms with Crippen molar-refractivity contribution in [2.75, 3.05) is 6.54 Å². The Morgan fingerprint density at radius 3 is 2.40 bits per heavy atom. The summed E-state index contributed by atoms with van der Waals surface area (Å²) in [6, 6.07) is 0.333. The summed E-state index contributed by atoms with van der Waals surface area (Å²) in [7, 11) is 0. The van der Waals surface area contributed by atoms with Crippen molar-refractivity contribution < 1.29 is 4.79 Å². The molecule has 1 fully saturated rings. The van der Waals surface area contributed by atoms with Crippen molar-refractivity contribution in [3.63, 3.8) is 0 Å². The highest BCUT2D eigenvalue weighted by Gasteiger charge is 2.28. The van der Waals surface area contributed by atoms with E-state index in [0.717, 1.165) is 13.0 Å². The Labute approximate surface area is 66.1 Å². The van der Waals surface area contributed by atoms with E-state index >= 15 is 0 Å². The van der Waals surface area contributed by atoms with E-state index in [0.29, 0.717) is 12.0 Å². The van der Waals surface area contributed by atoms with E-state index in [1.807, 2.05) is 6.92 Å². The molecule has 10 heavy (non-hydrogen) atoms. The van der Waals surface area contributed by atoms with Crippen molar-refractivity contribution in [3.8, 4) is 0 Å². The van der Waals surface area contributed by atoms with Gasteiger partial charge in [0.25, 0.3) is 0 Å². The third kappa shape index (κ3) is 1.43. The monoisotopic (exact) mass is 161 g/mol. The molecular weight excluding hydrogens is 150 g/mol. The summed E-state index contributed by atoms with van der Waals surface area (Å²) in [5, 5.41) is -0.308. The summed E-state index contributed by atoms with van der Waals surface area (Å²) >= 11 is 5.33. The second kappa shape index (κ2) is 2.79. The molecule has 0 aromatic rings. The molecule has 0 N–H and O–H groups in total. The van der Waals surface area contributed by atoms with Crippen molar-refractivity contribution >= 4 is 17.0 Å². The highest BCUT2D eigenvalue weighted by atomic mass is 35.5. The Balaban J connectivity index is 2.54. The molecule has 1 amide bonds. The number of amides is 1. The van der Waals surface area contributed by atoms with E-state index < -0.39 is 0 Å². The zero-order valence-electron chi connectivity index (χ0n) is 6.30. The quantitative estimate of drug-likeness (QED) is 0.394.